The Kier molecular flexibility index (Phi) is 8.82. The van der Waals surface area contributed by atoms with Crippen molar-refractivity contribution in [2.24, 2.45) is 0 Å². The number of esters is 1. The van der Waals surface area contributed by atoms with Crippen LogP contribution in [-0.2, 0) is 14.3 Å². The average Bonchev–Trinajstić information content (AvgIpc) is 2.36. The van der Waals surface area contributed by atoms with Gasteiger partial charge < -0.3 is 4.74 Å². The minimum atomic E-state index is -0.373. The van der Waals surface area contributed by atoms with Gasteiger partial charge in [-0.2, -0.15) is 0 Å². The summed E-state index contributed by atoms with van der Waals surface area (Å²) >= 11 is 0. The van der Waals surface area contributed by atoms with Gasteiger partial charge in [0.1, 0.15) is 6.29 Å². The van der Waals surface area contributed by atoms with Crippen LogP contribution >= 0.6 is 0 Å². The molecule has 0 saturated heterocycles. The first-order chi connectivity index (χ1) is 8.60. The average molecular weight is 246 g/mol. The van der Waals surface area contributed by atoms with Gasteiger partial charge in [0, 0.05) is 6.08 Å². The molecule has 3 nitrogen and oxygen atoms in total. The maximum Gasteiger partial charge on any atom is 0.330 e. The summed E-state index contributed by atoms with van der Waals surface area (Å²) in [6.07, 6.45) is 14.4. The van der Waals surface area contributed by atoms with E-state index in [1.54, 1.807) is 12.2 Å². The van der Waals surface area contributed by atoms with Crippen molar-refractivity contribution in [2.45, 2.75) is 13.8 Å². The van der Waals surface area contributed by atoms with Gasteiger partial charge >= 0.3 is 5.97 Å². The maximum atomic E-state index is 10.8. The van der Waals surface area contributed by atoms with E-state index in [2.05, 4.69) is 4.74 Å². The lowest BCUT2D eigenvalue weighted by atomic mass is 10.2. The summed E-state index contributed by atoms with van der Waals surface area (Å²) in [5.41, 5.74) is 1.96. The predicted molar refractivity (Wildman–Crippen MR) is 73.0 cm³/mol. The lowest BCUT2D eigenvalue weighted by Crippen LogP contribution is -1.93. The number of carbonyl (C=O) groups is 2. The summed E-state index contributed by atoms with van der Waals surface area (Å²) < 4.78 is 4.48. The van der Waals surface area contributed by atoms with Crippen LogP contribution in [0.5, 0.6) is 0 Å². The number of carbonyl (C=O) groups excluding carboxylic acids is 2. The van der Waals surface area contributed by atoms with Crippen LogP contribution in [0.2, 0.25) is 0 Å². The van der Waals surface area contributed by atoms with E-state index in [4.69, 9.17) is 0 Å². The number of hydrogen-bond acceptors (Lipinski definition) is 3. The standard InChI is InChI=1S/C15H18O3/c1-13(7-4-5-12-16)8-6-9-14(2)10-11-15(17)18-3/h4-12H,1-3H3. The summed E-state index contributed by atoms with van der Waals surface area (Å²) in [5.74, 6) is -0.373. The van der Waals surface area contributed by atoms with Gasteiger partial charge in [0.05, 0.1) is 7.11 Å². The number of allylic oxidation sites excluding steroid dienone is 9. The van der Waals surface area contributed by atoms with Crippen molar-refractivity contribution >= 4 is 12.3 Å². The van der Waals surface area contributed by atoms with Crippen LogP contribution < -0.4 is 0 Å². The van der Waals surface area contributed by atoms with Crippen LogP contribution in [0, 0.1) is 0 Å². The van der Waals surface area contributed by atoms with E-state index in [0.29, 0.717) is 0 Å². The van der Waals surface area contributed by atoms with Crippen molar-refractivity contribution in [3.05, 3.63) is 59.8 Å². The highest BCUT2D eigenvalue weighted by Crippen LogP contribution is 1.99. The molecule has 0 saturated carbocycles. The SMILES string of the molecule is COC(=O)C=CC(C)=CC=CC(C)=CC=CC=O. The minimum absolute atomic E-state index is 0.373. The van der Waals surface area contributed by atoms with E-state index in [9.17, 15) is 9.59 Å². The van der Waals surface area contributed by atoms with Crippen molar-refractivity contribution in [3.8, 4) is 0 Å². The zero-order chi connectivity index (χ0) is 13.8. The summed E-state index contributed by atoms with van der Waals surface area (Å²) in [7, 11) is 1.34. The van der Waals surface area contributed by atoms with Crippen molar-refractivity contribution in [1.82, 2.24) is 0 Å². The van der Waals surface area contributed by atoms with Crippen LogP contribution in [0.1, 0.15) is 13.8 Å². The van der Waals surface area contributed by atoms with Crippen molar-refractivity contribution in [3.63, 3.8) is 0 Å². The Bertz CT molecular complexity index is 421. The third kappa shape index (κ3) is 9.09. The quantitative estimate of drug-likeness (QED) is 0.313. The topological polar surface area (TPSA) is 43.4 Å². The minimum Gasteiger partial charge on any atom is -0.466 e. The Balaban J connectivity index is 4.40. The zero-order valence-corrected chi connectivity index (χ0v) is 10.9. The molecular weight excluding hydrogens is 228 g/mol. The number of methoxy groups -OCH3 is 1. The van der Waals surface area contributed by atoms with Crippen LogP contribution in [0.4, 0.5) is 0 Å². The van der Waals surface area contributed by atoms with E-state index >= 15 is 0 Å². The number of rotatable bonds is 6. The van der Waals surface area contributed by atoms with Gasteiger partial charge in [-0.25, -0.2) is 4.79 Å². The molecule has 0 fully saturated rings. The molecule has 0 atom stereocenters. The molecule has 3 heteroatoms. The van der Waals surface area contributed by atoms with Crippen molar-refractivity contribution in [1.29, 1.82) is 0 Å². The van der Waals surface area contributed by atoms with E-state index in [1.807, 2.05) is 38.2 Å². The second-order valence-electron chi connectivity index (χ2n) is 3.56. The highest BCUT2D eigenvalue weighted by molar-refractivity contribution is 5.82. The second-order valence-corrected chi connectivity index (χ2v) is 3.56. The first-order valence-electron chi connectivity index (χ1n) is 5.50. The molecule has 0 spiro atoms. The fourth-order valence-electron chi connectivity index (χ4n) is 0.983. The molecule has 0 N–H and O–H groups in total. The summed E-state index contributed by atoms with van der Waals surface area (Å²) in [5, 5.41) is 0. The fraction of sp³-hybridized carbons (Fsp3) is 0.200. The molecular formula is C15H18O3. The lowest BCUT2D eigenvalue weighted by Gasteiger charge is -1.91. The molecule has 0 aliphatic rings. The highest BCUT2D eigenvalue weighted by Gasteiger charge is 1.89. The summed E-state index contributed by atoms with van der Waals surface area (Å²) in [6, 6.07) is 0. The smallest absolute Gasteiger partial charge is 0.330 e. The van der Waals surface area contributed by atoms with Gasteiger partial charge in [0.25, 0.3) is 0 Å². The number of aldehydes is 1. The molecule has 0 amide bonds. The third-order valence-corrected chi connectivity index (χ3v) is 1.95. The first-order valence-corrected chi connectivity index (χ1v) is 5.50. The first kappa shape index (κ1) is 15.8. The highest BCUT2D eigenvalue weighted by atomic mass is 16.5. The molecule has 18 heavy (non-hydrogen) atoms. The van der Waals surface area contributed by atoms with Crippen LogP contribution in [-0.4, -0.2) is 19.4 Å². The Labute approximate surface area is 108 Å². The molecule has 0 aromatic heterocycles. The largest absolute Gasteiger partial charge is 0.466 e. The van der Waals surface area contributed by atoms with Gasteiger partial charge in [-0.15, -0.1) is 0 Å². The number of ether oxygens (including phenoxy) is 1. The van der Waals surface area contributed by atoms with Gasteiger partial charge in [-0.3, -0.25) is 4.79 Å². The summed E-state index contributed by atoms with van der Waals surface area (Å²) in [4.78, 5) is 20.9. The molecule has 0 aliphatic heterocycles. The van der Waals surface area contributed by atoms with E-state index in [-0.39, 0.29) is 5.97 Å². The Morgan fingerprint density at radius 3 is 2.11 bits per heavy atom. The lowest BCUT2D eigenvalue weighted by molar-refractivity contribution is -0.134. The normalized spacial score (nSPS) is 13.7. The van der Waals surface area contributed by atoms with E-state index in [1.165, 1.54) is 19.3 Å². The number of hydrogen-bond donors (Lipinski definition) is 0. The van der Waals surface area contributed by atoms with Crippen molar-refractivity contribution in [2.75, 3.05) is 7.11 Å². The molecule has 0 unspecified atom stereocenters. The Hall–Kier alpha value is -2.16. The zero-order valence-electron chi connectivity index (χ0n) is 10.9. The fourth-order valence-corrected chi connectivity index (χ4v) is 0.983. The van der Waals surface area contributed by atoms with E-state index in [0.717, 1.165) is 17.4 Å². The van der Waals surface area contributed by atoms with Gasteiger partial charge in [0.15, 0.2) is 0 Å². The maximum absolute atomic E-state index is 10.8. The molecule has 0 radical (unpaired) electrons. The van der Waals surface area contributed by atoms with E-state index < -0.39 is 0 Å². The third-order valence-electron chi connectivity index (χ3n) is 1.95. The molecule has 0 aromatic carbocycles. The predicted octanol–water partition coefficient (Wildman–Crippen LogP) is 2.92. The molecule has 0 rings (SSSR count). The van der Waals surface area contributed by atoms with Gasteiger partial charge in [-0.1, -0.05) is 47.6 Å². The Morgan fingerprint density at radius 1 is 0.889 bits per heavy atom. The summed E-state index contributed by atoms with van der Waals surface area (Å²) in [6.45, 7) is 3.81. The van der Waals surface area contributed by atoms with Crippen LogP contribution in [0.25, 0.3) is 0 Å². The molecule has 0 aromatic rings. The van der Waals surface area contributed by atoms with Crippen molar-refractivity contribution < 1.29 is 14.3 Å². The monoisotopic (exact) mass is 246 g/mol. The molecule has 0 heterocycles. The molecule has 96 valence electrons. The van der Waals surface area contributed by atoms with Gasteiger partial charge in [0.2, 0.25) is 0 Å². The van der Waals surface area contributed by atoms with Gasteiger partial charge in [-0.05, 0) is 19.9 Å². The van der Waals surface area contributed by atoms with Crippen LogP contribution in [0.3, 0.4) is 0 Å². The van der Waals surface area contributed by atoms with Crippen LogP contribution in [0.15, 0.2) is 59.8 Å². The second kappa shape index (κ2) is 10.0. The Morgan fingerprint density at radius 2 is 1.50 bits per heavy atom. The molecule has 0 bridgehead atoms. The molecule has 0 aliphatic carbocycles.